The molecule has 1 aliphatic rings. The van der Waals surface area contributed by atoms with E-state index in [1.165, 1.54) is 0 Å². The number of anilines is 1. The van der Waals surface area contributed by atoms with Crippen LogP contribution in [0.1, 0.15) is 25.7 Å². The van der Waals surface area contributed by atoms with E-state index in [0.717, 1.165) is 43.7 Å². The van der Waals surface area contributed by atoms with Gasteiger partial charge in [0.15, 0.2) is 0 Å². The minimum Gasteiger partial charge on any atom is -0.493 e. The smallest absolute Gasteiger partial charge is 0.404 e. The van der Waals surface area contributed by atoms with Gasteiger partial charge < -0.3 is 20.9 Å². The molecule has 0 heterocycles. The Bertz CT molecular complexity index is 425. The van der Waals surface area contributed by atoms with Gasteiger partial charge in [0.05, 0.1) is 6.61 Å². The van der Waals surface area contributed by atoms with Crippen LogP contribution >= 0.6 is 0 Å². The monoisotopic (exact) mass is 278 g/mol. The van der Waals surface area contributed by atoms with E-state index in [4.69, 9.17) is 15.6 Å². The highest BCUT2D eigenvalue weighted by Gasteiger charge is 2.21. The Hall–Kier alpha value is -1.91. The number of hydrogen-bond donors (Lipinski definition) is 3. The SMILES string of the molecule is Nc1ccc(OCC2CCC(CNC(=O)O)CC2)cc1. The molecule has 0 spiro atoms. The fraction of sp³-hybridized carbons (Fsp3) is 0.533. The van der Waals surface area contributed by atoms with Crippen LogP contribution in [-0.4, -0.2) is 24.4 Å². The Labute approximate surface area is 119 Å². The number of benzene rings is 1. The second kappa shape index (κ2) is 7.03. The molecule has 1 amide bonds. The van der Waals surface area contributed by atoms with Crippen LogP contribution in [0.15, 0.2) is 24.3 Å². The maximum atomic E-state index is 10.4. The first kappa shape index (κ1) is 14.5. The van der Waals surface area contributed by atoms with Crippen molar-refractivity contribution in [3.8, 4) is 5.75 Å². The van der Waals surface area contributed by atoms with Gasteiger partial charge in [0.1, 0.15) is 5.75 Å². The van der Waals surface area contributed by atoms with Crippen LogP contribution in [0.4, 0.5) is 10.5 Å². The van der Waals surface area contributed by atoms with E-state index in [1.54, 1.807) is 0 Å². The number of nitrogen functional groups attached to an aromatic ring is 1. The summed E-state index contributed by atoms with van der Waals surface area (Å²) in [5.41, 5.74) is 6.37. The molecule has 1 saturated carbocycles. The van der Waals surface area contributed by atoms with Crippen molar-refractivity contribution in [2.45, 2.75) is 25.7 Å². The number of nitrogens with two attached hydrogens (primary N) is 1. The molecule has 1 aromatic rings. The van der Waals surface area contributed by atoms with E-state index >= 15 is 0 Å². The summed E-state index contributed by atoms with van der Waals surface area (Å²) < 4.78 is 5.77. The second-order valence-corrected chi connectivity index (χ2v) is 5.45. The Morgan fingerprint density at radius 1 is 1.20 bits per heavy atom. The first-order chi connectivity index (χ1) is 9.63. The highest BCUT2D eigenvalue weighted by Crippen LogP contribution is 2.29. The van der Waals surface area contributed by atoms with Crippen LogP contribution in [0.25, 0.3) is 0 Å². The molecular weight excluding hydrogens is 256 g/mol. The van der Waals surface area contributed by atoms with Crippen molar-refractivity contribution in [1.82, 2.24) is 5.32 Å². The van der Waals surface area contributed by atoms with Crippen LogP contribution in [-0.2, 0) is 0 Å². The molecular formula is C15H22N2O3. The predicted molar refractivity (Wildman–Crippen MR) is 77.8 cm³/mol. The molecule has 5 nitrogen and oxygen atoms in total. The van der Waals surface area contributed by atoms with E-state index < -0.39 is 6.09 Å². The first-order valence-electron chi connectivity index (χ1n) is 7.08. The fourth-order valence-electron chi connectivity index (χ4n) is 2.61. The summed E-state index contributed by atoms with van der Waals surface area (Å²) in [6.07, 6.45) is 3.40. The molecule has 4 N–H and O–H groups in total. The number of ether oxygens (including phenoxy) is 1. The predicted octanol–water partition coefficient (Wildman–Crippen LogP) is 2.72. The van der Waals surface area contributed by atoms with Crippen LogP contribution in [0.3, 0.4) is 0 Å². The lowest BCUT2D eigenvalue weighted by Gasteiger charge is -2.28. The molecule has 20 heavy (non-hydrogen) atoms. The van der Waals surface area contributed by atoms with Crippen LogP contribution in [0.5, 0.6) is 5.75 Å². The zero-order valence-corrected chi connectivity index (χ0v) is 11.5. The van der Waals surface area contributed by atoms with Gasteiger partial charge in [-0.1, -0.05) is 0 Å². The Balaban J connectivity index is 1.66. The minimum atomic E-state index is -0.932. The summed E-state index contributed by atoms with van der Waals surface area (Å²) in [6.45, 7) is 1.30. The largest absolute Gasteiger partial charge is 0.493 e. The zero-order chi connectivity index (χ0) is 14.4. The van der Waals surface area contributed by atoms with Crippen LogP contribution < -0.4 is 15.8 Å². The topological polar surface area (TPSA) is 84.6 Å². The summed E-state index contributed by atoms with van der Waals surface area (Å²) in [4.78, 5) is 10.4. The van der Waals surface area contributed by atoms with E-state index in [2.05, 4.69) is 5.32 Å². The fourth-order valence-corrected chi connectivity index (χ4v) is 2.61. The lowest BCUT2D eigenvalue weighted by Crippen LogP contribution is -2.31. The van der Waals surface area contributed by atoms with E-state index in [-0.39, 0.29) is 0 Å². The standard InChI is InChI=1S/C15H22N2O3/c16-13-5-7-14(8-6-13)20-10-12-3-1-11(2-4-12)9-17-15(18)19/h5-8,11-12,17H,1-4,9-10,16H2,(H,18,19). The van der Waals surface area contributed by atoms with Gasteiger partial charge in [-0.2, -0.15) is 0 Å². The molecule has 0 unspecified atom stereocenters. The third-order valence-electron chi connectivity index (χ3n) is 3.87. The average molecular weight is 278 g/mol. The third kappa shape index (κ3) is 4.64. The molecule has 0 bridgehead atoms. The first-order valence-corrected chi connectivity index (χ1v) is 7.08. The van der Waals surface area contributed by atoms with Crippen molar-refractivity contribution in [2.75, 3.05) is 18.9 Å². The Kier molecular flexibility index (Phi) is 5.09. The second-order valence-electron chi connectivity index (χ2n) is 5.45. The number of hydrogen-bond acceptors (Lipinski definition) is 3. The number of rotatable bonds is 5. The lowest BCUT2D eigenvalue weighted by atomic mass is 9.82. The molecule has 1 aliphatic carbocycles. The van der Waals surface area contributed by atoms with Gasteiger partial charge in [0.25, 0.3) is 0 Å². The maximum absolute atomic E-state index is 10.4. The maximum Gasteiger partial charge on any atom is 0.404 e. The van der Waals surface area contributed by atoms with Gasteiger partial charge in [-0.05, 0) is 61.8 Å². The number of carbonyl (C=O) groups is 1. The van der Waals surface area contributed by atoms with Crippen LogP contribution in [0.2, 0.25) is 0 Å². The Morgan fingerprint density at radius 2 is 1.80 bits per heavy atom. The summed E-state index contributed by atoms with van der Waals surface area (Å²) >= 11 is 0. The molecule has 110 valence electrons. The van der Waals surface area contributed by atoms with Gasteiger partial charge in [0.2, 0.25) is 0 Å². The summed E-state index contributed by atoms with van der Waals surface area (Å²) in [7, 11) is 0. The zero-order valence-electron chi connectivity index (χ0n) is 11.5. The van der Waals surface area contributed by atoms with E-state index in [1.807, 2.05) is 24.3 Å². The van der Waals surface area contributed by atoms with Gasteiger partial charge in [-0.3, -0.25) is 0 Å². The van der Waals surface area contributed by atoms with Gasteiger partial charge >= 0.3 is 6.09 Å². The highest BCUT2D eigenvalue weighted by molar-refractivity contribution is 5.64. The minimum absolute atomic E-state index is 0.471. The van der Waals surface area contributed by atoms with Crippen molar-refractivity contribution in [1.29, 1.82) is 0 Å². The third-order valence-corrected chi connectivity index (χ3v) is 3.87. The molecule has 1 aromatic carbocycles. The van der Waals surface area contributed by atoms with Crippen molar-refractivity contribution < 1.29 is 14.6 Å². The van der Waals surface area contributed by atoms with Crippen molar-refractivity contribution in [3.63, 3.8) is 0 Å². The Morgan fingerprint density at radius 3 is 2.40 bits per heavy atom. The molecule has 0 atom stereocenters. The van der Waals surface area contributed by atoms with Crippen molar-refractivity contribution in [2.24, 2.45) is 11.8 Å². The van der Waals surface area contributed by atoms with Gasteiger partial charge in [-0.25, -0.2) is 4.79 Å². The number of carboxylic acid groups (broad SMARTS) is 1. The van der Waals surface area contributed by atoms with Gasteiger partial charge in [0, 0.05) is 12.2 Å². The quantitative estimate of drug-likeness (QED) is 0.723. The summed E-state index contributed by atoms with van der Waals surface area (Å²) in [5, 5.41) is 11.1. The number of nitrogens with one attached hydrogen (secondary N) is 1. The van der Waals surface area contributed by atoms with E-state index in [9.17, 15) is 4.79 Å². The molecule has 0 saturated heterocycles. The average Bonchev–Trinajstić information content (AvgIpc) is 2.45. The number of amides is 1. The summed E-state index contributed by atoms with van der Waals surface area (Å²) in [5.74, 6) is 1.89. The van der Waals surface area contributed by atoms with E-state index in [0.29, 0.717) is 18.4 Å². The lowest BCUT2D eigenvalue weighted by molar-refractivity contribution is 0.172. The summed E-state index contributed by atoms with van der Waals surface area (Å²) in [6, 6.07) is 7.45. The van der Waals surface area contributed by atoms with Gasteiger partial charge in [-0.15, -0.1) is 0 Å². The normalized spacial score (nSPS) is 22.2. The molecule has 0 aromatic heterocycles. The molecule has 5 heteroatoms. The molecule has 0 radical (unpaired) electrons. The van der Waals surface area contributed by atoms with Crippen molar-refractivity contribution >= 4 is 11.8 Å². The van der Waals surface area contributed by atoms with Crippen LogP contribution in [0, 0.1) is 11.8 Å². The van der Waals surface area contributed by atoms with Crippen molar-refractivity contribution in [3.05, 3.63) is 24.3 Å². The molecule has 0 aliphatic heterocycles. The molecule has 2 rings (SSSR count). The highest BCUT2D eigenvalue weighted by atomic mass is 16.5. The molecule has 1 fully saturated rings.